The molecule has 0 radical (unpaired) electrons. The highest BCUT2D eigenvalue weighted by molar-refractivity contribution is 5.99. The van der Waals surface area contributed by atoms with Gasteiger partial charge in [0.2, 0.25) is 11.9 Å². The number of hydrogen-bond donors (Lipinski definition) is 3. The Hall–Kier alpha value is -5.33. The molecule has 3 amide bonds. The number of urea groups is 1. The molecule has 13 heteroatoms. The van der Waals surface area contributed by atoms with E-state index in [1.165, 1.54) is 12.1 Å². The normalized spacial score (nSPS) is 10.9. The van der Waals surface area contributed by atoms with Crippen molar-refractivity contribution in [3.05, 3.63) is 85.1 Å². The number of anilines is 7. The van der Waals surface area contributed by atoms with Crippen LogP contribution < -0.4 is 30.5 Å². The maximum atomic E-state index is 12.3. The van der Waals surface area contributed by atoms with Crippen molar-refractivity contribution in [2.24, 2.45) is 0 Å². The summed E-state index contributed by atoms with van der Waals surface area (Å²) in [6.45, 7) is 1.81. The molecule has 3 N–H and O–H groups in total. The minimum absolute atomic E-state index is 0.00187. The molecule has 0 aliphatic rings. The third-order valence-corrected chi connectivity index (χ3v) is 6.01. The lowest BCUT2D eigenvalue weighted by Crippen LogP contribution is -2.25. The highest BCUT2D eigenvalue weighted by Gasteiger charge is 2.31. The average Bonchev–Trinajstić information content (AvgIpc) is 2.97. The van der Waals surface area contributed by atoms with Crippen LogP contribution in [0.25, 0.3) is 0 Å². The molecule has 3 aromatic carbocycles. The van der Waals surface area contributed by atoms with Gasteiger partial charge in [0.1, 0.15) is 11.6 Å². The second-order valence-corrected chi connectivity index (χ2v) is 8.98. The van der Waals surface area contributed by atoms with Crippen molar-refractivity contribution in [2.45, 2.75) is 19.7 Å². The van der Waals surface area contributed by atoms with E-state index in [1.54, 1.807) is 48.5 Å². The van der Waals surface area contributed by atoms with Gasteiger partial charge in [-0.15, -0.1) is 13.2 Å². The third kappa shape index (κ3) is 8.10. The number of carbonyl (C=O) groups excluding carboxylic acids is 2. The van der Waals surface area contributed by atoms with Crippen LogP contribution in [0.15, 0.2) is 85.1 Å². The summed E-state index contributed by atoms with van der Waals surface area (Å²) in [6.07, 6.45) is -2.77. The van der Waals surface area contributed by atoms with E-state index >= 15 is 0 Å². The van der Waals surface area contributed by atoms with Gasteiger partial charge in [-0.25, -0.2) is 9.78 Å². The van der Waals surface area contributed by atoms with Crippen LogP contribution in [0.4, 0.5) is 58.2 Å². The van der Waals surface area contributed by atoms with Crippen molar-refractivity contribution in [3.8, 4) is 5.75 Å². The lowest BCUT2D eigenvalue weighted by atomic mass is 10.2. The van der Waals surface area contributed by atoms with Gasteiger partial charge in [0.05, 0.1) is 0 Å². The topological polar surface area (TPSA) is 112 Å². The number of aromatic nitrogens is 2. The molecule has 0 aliphatic carbocycles. The van der Waals surface area contributed by atoms with Crippen LogP contribution in [-0.4, -0.2) is 42.4 Å². The Morgan fingerprint density at radius 3 is 2.12 bits per heavy atom. The minimum atomic E-state index is -4.79. The van der Waals surface area contributed by atoms with Crippen molar-refractivity contribution in [2.75, 3.05) is 39.8 Å². The van der Waals surface area contributed by atoms with E-state index in [9.17, 15) is 22.8 Å². The molecule has 0 fully saturated rings. The molecule has 0 unspecified atom stereocenters. The zero-order valence-corrected chi connectivity index (χ0v) is 22.9. The molecule has 0 saturated heterocycles. The number of ether oxygens (including phenoxy) is 1. The van der Waals surface area contributed by atoms with Crippen molar-refractivity contribution >= 4 is 52.1 Å². The summed E-state index contributed by atoms with van der Waals surface area (Å²) >= 11 is 0. The Morgan fingerprint density at radius 1 is 0.857 bits per heavy atom. The number of nitrogens with one attached hydrogen (secondary N) is 3. The highest BCUT2D eigenvalue weighted by Crippen LogP contribution is 2.27. The van der Waals surface area contributed by atoms with Gasteiger partial charge in [0.25, 0.3) is 0 Å². The van der Waals surface area contributed by atoms with E-state index in [1.807, 2.05) is 43.1 Å². The smallest absolute Gasteiger partial charge is 0.406 e. The second-order valence-electron chi connectivity index (χ2n) is 8.98. The van der Waals surface area contributed by atoms with Crippen LogP contribution in [0.3, 0.4) is 0 Å². The number of halogens is 3. The Labute approximate surface area is 240 Å². The fourth-order valence-corrected chi connectivity index (χ4v) is 3.83. The molecular weight excluding hydrogens is 551 g/mol. The first kappa shape index (κ1) is 29.6. The van der Waals surface area contributed by atoms with Gasteiger partial charge in [0.15, 0.2) is 0 Å². The van der Waals surface area contributed by atoms with E-state index < -0.39 is 12.4 Å². The lowest BCUT2D eigenvalue weighted by molar-refractivity contribution is -0.274. The average molecular weight is 580 g/mol. The predicted octanol–water partition coefficient (Wildman–Crippen LogP) is 6.90. The maximum Gasteiger partial charge on any atom is 0.573 e. The summed E-state index contributed by atoms with van der Waals surface area (Å²) < 4.78 is 40.7. The molecule has 0 atom stereocenters. The third-order valence-electron chi connectivity index (χ3n) is 6.01. The first-order valence-electron chi connectivity index (χ1n) is 12.7. The van der Waals surface area contributed by atoms with Crippen molar-refractivity contribution < 1.29 is 27.5 Å². The van der Waals surface area contributed by atoms with E-state index in [2.05, 4.69) is 30.7 Å². The Balaban J connectivity index is 1.36. The van der Waals surface area contributed by atoms with E-state index in [-0.39, 0.29) is 11.7 Å². The standard InChI is InChI=1S/C29H28F3N7O3/c1-4-26(40)39(3)23-7-5-6-21(18-23)34-27-33-17-16-25(37-27)38(2)22-12-8-19(9-13-22)35-28(41)36-20-10-14-24(15-11-20)42-29(30,31)32/h5-18H,4H2,1-3H3,(H,33,34,37)(H2,35,36,41). The summed E-state index contributed by atoms with van der Waals surface area (Å²) in [6, 6.07) is 20.3. The van der Waals surface area contributed by atoms with Crippen LogP contribution >= 0.6 is 0 Å². The van der Waals surface area contributed by atoms with Gasteiger partial charge < -0.3 is 30.5 Å². The molecular formula is C29H28F3N7O3. The van der Waals surface area contributed by atoms with Gasteiger partial charge in [-0.1, -0.05) is 13.0 Å². The highest BCUT2D eigenvalue weighted by atomic mass is 19.4. The van der Waals surface area contributed by atoms with E-state index in [4.69, 9.17) is 0 Å². The van der Waals surface area contributed by atoms with Crippen LogP contribution in [-0.2, 0) is 4.79 Å². The minimum Gasteiger partial charge on any atom is -0.406 e. The zero-order chi connectivity index (χ0) is 30.3. The second kappa shape index (κ2) is 12.9. The Kier molecular flexibility index (Phi) is 9.10. The SMILES string of the molecule is CCC(=O)N(C)c1cccc(Nc2nccc(N(C)c3ccc(NC(=O)Nc4ccc(OC(F)(F)F)cc4)cc3)n2)c1. The summed E-state index contributed by atoms with van der Waals surface area (Å²) in [4.78, 5) is 36.7. The molecule has 4 aromatic rings. The van der Waals surface area contributed by atoms with Gasteiger partial charge in [-0.3, -0.25) is 4.79 Å². The number of hydrogen-bond acceptors (Lipinski definition) is 7. The molecule has 4 rings (SSSR count). The molecule has 0 spiro atoms. The molecule has 0 aliphatic heterocycles. The summed E-state index contributed by atoms with van der Waals surface area (Å²) in [5, 5.41) is 8.38. The summed E-state index contributed by atoms with van der Waals surface area (Å²) in [5.41, 5.74) is 3.05. The molecule has 1 heterocycles. The number of alkyl halides is 3. The van der Waals surface area contributed by atoms with E-state index in [0.717, 1.165) is 29.2 Å². The Bertz CT molecular complexity index is 1530. The van der Waals surface area contributed by atoms with E-state index in [0.29, 0.717) is 29.6 Å². The Morgan fingerprint density at radius 2 is 1.50 bits per heavy atom. The number of benzene rings is 3. The van der Waals surface area contributed by atoms with Crippen LogP contribution in [0.1, 0.15) is 13.3 Å². The number of nitrogens with zero attached hydrogens (tertiary/aromatic N) is 4. The molecule has 218 valence electrons. The van der Waals surface area contributed by atoms with Gasteiger partial charge in [-0.05, 0) is 72.8 Å². The summed E-state index contributed by atoms with van der Waals surface area (Å²) in [5.74, 6) is 0.594. The monoisotopic (exact) mass is 579 g/mol. The van der Waals surface area contributed by atoms with Gasteiger partial charge in [0, 0.05) is 55.1 Å². The van der Waals surface area contributed by atoms with Gasteiger partial charge >= 0.3 is 12.4 Å². The number of rotatable bonds is 9. The van der Waals surface area contributed by atoms with Crippen molar-refractivity contribution in [3.63, 3.8) is 0 Å². The quantitative estimate of drug-likeness (QED) is 0.198. The number of carbonyl (C=O) groups is 2. The van der Waals surface area contributed by atoms with Crippen LogP contribution in [0, 0.1) is 0 Å². The van der Waals surface area contributed by atoms with Gasteiger partial charge in [-0.2, -0.15) is 4.98 Å². The zero-order valence-electron chi connectivity index (χ0n) is 22.9. The first-order valence-corrected chi connectivity index (χ1v) is 12.7. The van der Waals surface area contributed by atoms with Crippen molar-refractivity contribution in [1.82, 2.24) is 9.97 Å². The maximum absolute atomic E-state index is 12.3. The predicted molar refractivity (Wildman–Crippen MR) is 156 cm³/mol. The number of amides is 3. The molecule has 10 nitrogen and oxygen atoms in total. The molecule has 0 saturated carbocycles. The summed E-state index contributed by atoms with van der Waals surface area (Å²) in [7, 11) is 3.56. The van der Waals surface area contributed by atoms with Crippen molar-refractivity contribution in [1.29, 1.82) is 0 Å². The van der Waals surface area contributed by atoms with Crippen LogP contribution in [0.5, 0.6) is 5.75 Å². The largest absolute Gasteiger partial charge is 0.573 e. The molecule has 1 aromatic heterocycles. The van der Waals surface area contributed by atoms with Crippen LogP contribution in [0.2, 0.25) is 0 Å². The fraction of sp³-hybridized carbons (Fsp3) is 0.172. The molecule has 0 bridgehead atoms. The lowest BCUT2D eigenvalue weighted by Gasteiger charge is -2.20. The first-order chi connectivity index (χ1) is 20.0. The fourth-order valence-electron chi connectivity index (χ4n) is 3.83. The molecule has 42 heavy (non-hydrogen) atoms.